The Morgan fingerprint density at radius 1 is 1.20 bits per heavy atom. The minimum atomic E-state index is -0.748. The van der Waals surface area contributed by atoms with Crippen LogP contribution in [0.15, 0.2) is 0 Å². The molecule has 3 N–H and O–H groups in total. The predicted molar refractivity (Wildman–Crippen MR) is 77.8 cm³/mol. The number of carboxylic acids is 1. The lowest BCUT2D eigenvalue weighted by atomic mass is 10.1. The number of ether oxygens (including phenoxy) is 1. The first-order valence-electron chi connectivity index (χ1n) is 7.35. The summed E-state index contributed by atoms with van der Waals surface area (Å²) in [5.74, 6) is -0.748. The fourth-order valence-electron chi connectivity index (χ4n) is 1.94. The largest absolute Gasteiger partial charge is 0.481 e. The maximum absolute atomic E-state index is 11.6. The van der Waals surface area contributed by atoms with Crippen molar-refractivity contribution in [2.45, 2.75) is 57.9 Å². The number of hydrogen-bond donors (Lipinski definition) is 3. The van der Waals surface area contributed by atoms with E-state index < -0.39 is 5.97 Å². The number of nitrogens with one attached hydrogen (secondary N) is 2. The number of aliphatic carboxylic acids is 1. The van der Waals surface area contributed by atoms with Crippen molar-refractivity contribution in [2.24, 2.45) is 0 Å². The van der Waals surface area contributed by atoms with Crippen LogP contribution in [0.1, 0.15) is 51.9 Å². The molecule has 0 aliphatic carbocycles. The van der Waals surface area contributed by atoms with Crippen LogP contribution in [0.3, 0.4) is 0 Å². The van der Waals surface area contributed by atoms with Gasteiger partial charge in [0.25, 0.3) is 0 Å². The molecule has 0 aliphatic rings. The Hall–Kier alpha value is -1.30. The monoisotopic (exact) mass is 288 g/mol. The molecule has 0 aliphatic heterocycles. The maximum atomic E-state index is 11.6. The summed E-state index contributed by atoms with van der Waals surface area (Å²) in [6.07, 6.45) is 5.52. The Kier molecular flexibility index (Phi) is 11.9. The lowest BCUT2D eigenvalue weighted by Crippen LogP contribution is -2.44. The highest BCUT2D eigenvalue weighted by molar-refractivity contribution is 5.74. The smallest absolute Gasteiger partial charge is 0.315 e. The predicted octanol–water partition coefficient (Wildman–Crippen LogP) is 2.14. The summed E-state index contributed by atoms with van der Waals surface area (Å²) >= 11 is 0. The molecule has 0 fully saturated rings. The number of rotatable bonds is 12. The van der Waals surface area contributed by atoms with Crippen molar-refractivity contribution >= 4 is 12.0 Å². The van der Waals surface area contributed by atoms with Crippen LogP contribution in [-0.2, 0) is 9.53 Å². The average Bonchev–Trinajstić information content (AvgIpc) is 2.37. The van der Waals surface area contributed by atoms with Gasteiger partial charge in [-0.2, -0.15) is 0 Å². The number of carboxylic acid groups (broad SMARTS) is 1. The number of carbonyl (C=O) groups is 2. The molecule has 0 heterocycles. The molecule has 0 saturated carbocycles. The zero-order valence-corrected chi connectivity index (χ0v) is 12.6. The second-order valence-corrected chi connectivity index (χ2v) is 4.90. The van der Waals surface area contributed by atoms with E-state index in [0.29, 0.717) is 19.6 Å². The van der Waals surface area contributed by atoms with Gasteiger partial charge in [0.15, 0.2) is 0 Å². The Bertz CT molecular complexity index is 266. The zero-order chi connectivity index (χ0) is 15.2. The van der Waals surface area contributed by atoms with Gasteiger partial charge in [-0.3, -0.25) is 4.79 Å². The number of methoxy groups -OCH3 is 1. The van der Waals surface area contributed by atoms with Crippen molar-refractivity contribution in [3.8, 4) is 0 Å². The number of unbranched alkanes of at least 4 members (excludes halogenated alkanes) is 3. The van der Waals surface area contributed by atoms with Crippen LogP contribution >= 0.6 is 0 Å². The Morgan fingerprint density at radius 2 is 1.90 bits per heavy atom. The van der Waals surface area contributed by atoms with Gasteiger partial charge in [-0.25, -0.2) is 4.79 Å². The molecule has 0 radical (unpaired) electrons. The van der Waals surface area contributed by atoms with Crippen LogP contribution in [0.4, 0.5) is 4.79 Å². The van der Waals surface area contributed by atoms with Crippen molar-refractivity contribution < 1.29 is 19.4 Å². The summed E-state index contributed by atoms with van der Waals surface area (Å²) in [5.41, 5.74) is 0. The minimum Gasteiger partial charge on any atom is -0.481 e. The van der Waals surface area contributed by atoms with Gasteiger partial charge in [-0.05, 0) is 19.3 Å². The fourth-order valence-corrected chi connectivity index (χ4v) is 1.94. The van der Waals surface area contributed by atoms with E-state index in [1.54, 1.807) is 7.11 Å². The van der Waals surface area contributed by atoms with Crippen LogP contribution in [-0.4, -0.2) is 43.4 Å². The van der Waals surface area contributed by atoms with Crippen molar-refractivity contribution in [1.29, 1.82) is 0 Å². The van der Waals surface area contributed by atoms with Gasteiger partial charge in [0.05, 0.1) is 12.6 Å². The van der Waals surface area contributed by atoms with Gasteiger partial charge in [0, 0.05) is 20.1 Å². The molecule has 1 unspecified atom stereocenters. The van der Waals surface area contributed by atoms with Crippen LogP contribution < -0.4 is 10.6 Å². The highest BCUT2D eigenvalue weighted by atomic mass is 16.5. The van der Waals surface area contributed by atoms with E-state index in [0.717, 1.165) is 32.1 Å². The summed E-state index contributed by atoms with van der Waals surface area (Å²) in [5, 5.41) is 14.2. The van der Waals surface area contributed by atoms with E-state index in [1.165, 1.54) is 0 Å². The molecule has 0 aromatic heterocycles. The molecule has 0 aromatic rings. The van der Waals surface area contributed by atoms with E-state index in [-0.39, 0.29) is 18.5 Å². The number of urea groups is 1. The molecule has 0 bridgehead atoms. The summed E-state index contributed by atoms with van der Waals surface area (Å²) in [4.78, 5) is 21.9. The number of hydrogen-bond acceptors (Lipinski definition) is 3. The van der Waals surface area contributed by atoms with Crippen molar-refractivity contribution in [2.75, 3.05) is 20.3 Å². The Morgan fingerprint density at radius 3 is 2.50 bits per heavy atom. The van der Waals surface area contributed by atoms with E-state index >= 15 is 0 Å². The molecule has 20 heavy (non-hydrogen) atoms. The SMILES string of the molecule is CCCC(COC)NC(=O)NCCCCCCC(=O)O. The normalized spacial score (nSPS) is 11.9. The Labute approximate surface area is 121 Å². The standard InChI is InChI=1S/C14H28N2O4/c1-3-8-12(11-20-2)16-14(19)15-10-7-5-4-6-9-13(17)18/h12H,3-11H2,1-2H3,(H,17,18)(H2,15,16,19). The van der Waals surface area contributed by atoms with Crippen LogP contribution in [0, 0.1) is 0 Å². The first-order chi connectivity index (χ1) is 9.60. The molecule has 0 saturated heterocycles. The van der Waals surface area contributed by atoms with Gasteiger partial charge in [-0.1, -0.05) is 26.2 Å². The average molecular weight is 288 g/mol. The maximum Gasteiger partial charge on any atom is 0.315 e. The third-order valence-electron chi connectivity index (χ3n) is 2.94. The summed E-state index contributed by atoms with van der Waals surface area (Å²) in [7, 11) is 1.62. The molecule has 2 amide bonds. The molecule has 1 atom stereocenters. The van der Waals surface area contributed by atoms with Crippen molar-refractivity contribution in [1.82, 2.24) is 10.6 Å². The van der Waals surface area contributed by atoms with E-state index in [1.807, 2.05) is 0 Å². The Balaban J connectivity index is 3.54. The summed E-state index contributed by atoms with van der Waals surface area (Å²) in [6.45, 7) is 3.21. The van der Waals surface area contributed by atoms with Gasteiger partial charge in [0.2, 0.25) is 0 Å². The second kappa shape index (κ2) is 12.7. The molecular formula is C14H28N2O4. The zero-order valence-electron chi connectivity index (χ0n) is 12.6. The molecule has 6 heteroatoms. The summed E-state index contributed by atoms with van der Waals surface area (Å²) in [6, 6.07) is -0.105. The van der Waals surface area contributed by atoms with Gasteiger partial charge < -0.3 is 20.5 Å². The number of amides is 2. The molecule has 6 nitrogen and oxygen atoms in total. The van der Waals surface area contributed by atoms with Gasteiger partial charge in [0.1, 0.15) is 0 Å². The first-order valence-corrected chi connectivity index (χ1v) is 7.35. The summed E-state index contributed by atoms with van der Waals surface area (Å²) < 4.78 is 5.06. The molecule has 0 spiro atoms. The van der Waals surface area contributed by atoms with Gasteiger partial charge in [-0.15, -0.1) is 0 Å². The third kappa shape index (κ3) is 11.8. The first kappa shape index (κ1) is 18.7. The van der Waals surface area contributed by atoms with Crippen LogP contribution in [0.2, 0.25) is 0 Å². The molecule has 0 rings (SSSR count). The fraction of sp³-hybridized carbons (Fsp3) is 0.857. The molecule has 0 aromatic carbocycles. The van der Waals surface area contributed by atoms with Crippen LogP contribution in [0.25, 0.3) is 0 Å². The molecule has 118 valence electrons. The van der Waals surface area contributed by atoms with E-state index in [2.05, 4.69) is 17.6 Å². The lowest BCUT2D eigenvalue weighted by Gasteiger charge is -2.17. The number of carbonyl (C=O) groups excluding carboxylic acids is 1. The van der Waals surface area contributed by atoms with E-state index in [9.17, 15) is 9.59 Å². The highest BCUT2D eigenvalue weighted by Gasteiger charge is 2.10. The lowest BCUT2D eigenvalue weighted by molar-refractivity contribution is -0.137. The topological polar surface area (TPSA) is 87.7 Å². The third-order valence-corrected chi connectivity index (χ3v) is 2.94. The quantitative estimate of drug-likeness (QED) is 0.480. The van der Waals surface area contributed by atoms with Crippen molar-refractivity contribution in [3.05, 3.63) is 0 Å². The van der Waals surface area contributed by atoms with E-state index in [4.69, 9.17) is 9.84 Å². The highest BCUT2D eigenvalue weighted by Crippen LogP contribution is 2.02. The van der Waals surface area contributed by atoms with Gasteiger partial charge >= 0.3 is 12.0 Å². The van der Waals surface area contributed by atoms with Crippen molar-refractivity contribution in [3.63, 3.8) is 0 Å². The molecular weight excluding hydrogens is 260 g/mol. The minimum absolute atomic E-state index is 0.0561. The van der Waals surface area contributed by atoms with Crippen LogP contribution in [0.5, 0.6) is 0 Å². The second-order valence-electron chi connectivity index (χ2n) is 4.90.